The number of benzene rings is 2. The van der Waals surface area contributed by atoms with E-state index in [1.54, 1.807) is 30.9 Å². The molecule has 6 rings (SSSR count). The van der Waals surface area contributed by atoms with Crippen LogP contribution in [0.1, 0.15) is 87.5 Å². The van der Waals surface area contributed by atoms with Gasteiger partial charge in [0.2, 0.25) is 0 Å². The minimum Gasteiger partial charge on any atom is -0.481 e. The number of halogens is 1. The minimum atomic E-state index is -3.50. The third-order valence-corrected chi connectivity index (χ3v) is 12.4. The number of nitrogens with one attached hydrogen (secondary N) is 1. The molecule has 0 aliphatic carbocycles. The molecule has 0 radical (unpaired) electrons. The van der Waals surface area contributed by atoms with Crippen molar-refractivity contribution in [2.45, 2.75) is 78.6 Å². The number of nitrogens with zero attached hydrogens (tertiary/aromatic N) is 4. The third kappa shape index (κ3) is 7.24. The zero-order chi connectivity index (χ0) is 36.1. The Morgan fingerprint density at radius 2 is 1.86 bits per heavy atom. The Morgan fingerprint density at radius 3 is 2.62 bits per heavy atom. The van der Waals surface area contributed by atoms with Crippen LogP contribution in [0.25, 0.3) is 22.4 Å². The SMILES string of the molecule is Cn1nc2nc1-c1cc(ccn1)Cc1c(F)cc3[nH]ccc3c1CCS(=O)(=O)CC(C)(C)CCCC2(C)c1cccc(CC(C)(C)C(=O)O)c1. The molecule has 0 fully saturated rings. The maximum Gasteiger partial charge on any atom is 0.309 e. The largest absolute Gasteiger partial charge is 0.481 e. The lowest BCUT2D eigenvalue weighted by atomic mass is 9.74. The van der Waals surface area contributed by atoms with Gasteiger partial charge in [-0.1, -0.05) is 44.5 Å². The molecule has 4 bridgehead atoms. The van der Waals surface area contributed by atoms with E-state index >= 15 is 4.39 Å². The summed E-state index contributed by atoms with van der Waals surface area (Å²) in [6, 6.07) is 15.1. The van der Waals surface area contributed by atoms with Crippen LogP contribution in [-0.2, 0) is 46.4 Å². The molecule has 2 N–H and O–H groups in total. The molecule has 0 saturated heterocycles. The number of hydrogen-bond donors (Lipinski definition) is 2. The summed E-state index contributed by atoms with van der Waals surface area (Å²) < 4.78 is 44.9. The summed E-state index contributed by atoms with van der Waals surface area (Å²) in [6.07, 6.45) is 6.23. The van der Waals surface area contributed by atoms with Crippen LogP contribution >= 0.6 is 0 Å². The fourth-order valence-electron chi connectivity index (χ4n) is 7.43. The number of rotatable bonds is 4. The zero-order valence-electron chi connectivity index (χ0n) is 29.7. The molecule has 11 heteroatoms. The molecule has 1 aliphatic rings. The highest BCUT2D eigenvalue weighted by atomic mass is 32.2. The van der Waals surface area contributed by atoms with Crippen molar-refractivity contribution in [1.82, 2.24) is 24.7 Å². The summed E-state index contributed by atoms with van der Waals surface area (Å²) in [4.78, 5) is 24.8. The Labute approximate surface area is 293 Å². The van der Waals surface area contributed by atoms with Gasteiger partial charge in [-0.2, -0.15) is 5.10 Å². The number of aromatic amines is 1. The standard InChI is InChI=1S/C39H46FN5O4S/c1-37(2)14-8-15-39(5,27-10-7-9-26(19-27)23-38(3,4)36(46)47)35-43-34(45(6)44-35)33-21-25(11-16-42-33)20-30-28(13-18-50(48,49)24-37)29-12-17-41-32(29)22-31(30)40/h7,9-12,16-17,19,21-22,41H,8,13-15,18,20,23-24H2,1-6H3,(H,46,47). The summed E-state index contributed by atoms with van der Waals surface area (Å²) in [5.41, 5.74) is 2.94. The van der Waals surface area contributed by atoms with Crippen molar-refractivity contribution in [1.29, 1.82) is 0 Å². The van der Waals surface area contributed by atoms with Crippen LogP contribution in [0.2, 0.25) is 0 Å². The van der Waals surface area contributed by atoms with Crippen LogP contribution in [0.3, 0.4) is 0 Å². The van der Waals surface area contributed by atoms with Crippen LogP contribution in [0.5, 0.6) is 0 Å². The van der Waals surface area contributed by atoms with E-state index < -0.39 is 32.1 Å². The number of aliphatic carboxylic acids is 1. The second-order valence-electron chi connectivity index (χ2n) is 15.6. The molecule has 5 aromatic rings. The van der Waals surface area contributed by atoms with Crippen molar-refractivity contribution in [3.8, 4) is 11.5 Å². The van der Waals surface area contributed by atoms with Gasteiger partial charge in [0.05, 0.1) is 22.3 Å². The number of aryl methyl sites for hydroxylation is 2. The summed E-state index contributed by atoms with van der Waals surface area (Å²) >= 11 is 0. The lowest BCUT2D eigenvalue weighted by molar-refractivity contribution is -0.146. The van der Waals surface area contributed by atoms with Crippen molar-refractivity contribution in [3.05, 3.63) is 100 Å². The first-order chi connectivity index (χ1) is 23.5. The van der Waals surface area contributed by atoms with E-state index in [0.29, 0.717) is 59.7 Å². The van der Waals surface area contributed by atoms with Crippen molar-refractivity contribution in [2.75, 3.05) is 11.5 Å². The Morgan fingerprint density at radius 1 is 1.08 bits per heavy atom. The highest BCUT2D eigenvalue weighted by molar-refractivity contribution is 7.91. The lowest BCUT2D eigenvalue weighted by Gasteiger charge is -2.31. The quantitative estimate of drug-likeness (QED) is 0.203. The monoisotopic (exact) mass is 699 g/mol. The van der Waals surface area contributed by atoms with Crippen LogP contribution < -0.4 is 0 Å². The number of fused-ring (bicyclic) bond motifs is 8. The first-order valence-electron chi connectivity index (χ1n) is 17.1. The van der Waals surface area contributed by atoms with Crippen molar-refractivity contribution >= 4 is 26.7 Å². The number of carbonyl (C=O) groups is 1. The molecular formula is C39H46FN5O4S. The molecule has 2 aromatic carbocycles. The Hall–Kier alpha value is -4.38. The highest BCUT2D eigenvalue weighted by Crippen LogP contribution is 2.39. The second kappa shape index (κ2) is 13.1. The molecule has 0 amide bonds. The number of H-pyrrole nitrogens is 1. The molecule has 0 spiro atoms. The zero-order valence-corrected chi connectivity index (χ0v) is 30.5. The fourth-order valence-corrected chi connectivity index (χ4v) is 9.42. The van der Waals surface area contributed by atoms with Gasteiger partial charge >= 0.3 is 5.97 Å². The summed E-state index contributed by atoms with van der Waals surface area (Å²) in [5, 5.41) is 15.6. The number of sulfone groups is 1. The van der Waals surface area contributed by atoms with Crippen LogP contribution in [0.15, 0.2) is 60.9 Å². The van der Waals surface area contributed by atoms with Gasteiger partial charge in [0.25, 0.3) is 0 Å². The second-order valence-corrected chi connectivity index (χ2v) is 17.8. The van der Waals surface area contributed by atoms with Gasteiger partial charge < -0.3 is 10.1 Å². The number of carboxylic acids is 1. The number of carboxylic acid groups (broad SMARTS) is 1. The van der Waals surface area contributed by atoms with Crippen LogP contribution in [-0.4, -0.2) is 55.7 Å². The van der Waals surface area contributed by atoms with Crippen LogP contribution in [0, 0.1) is 16.6 Å². The highest BCUT2D eigenvalue weighted by Gasteiger charge is 2.36. The summed E-state index contributed by atoms with van der Waals surface area (Å²) in [5.74, 6) is -0.148. The van der Waals surface area contributed by atoms with Crippen molar-refractivity contribution in [2.24, 2.45) is 17.9 Å². The van der Waals surface area contributed by atoms with Crippen molar-refractivity contribution < 1.29 is 22.7 Å². The van der Waals surface area contributed by atoms with E-state index in [9.17, 15) is 18.3 Å². The van der Waals surface area contributed by atoms with Gasteiger partial charge in [-0.25, -0.2) is 22.5 Å². The topological polar surface area (TPSA) is 131 Å². The van der Waals surface area contributed by atoms with Gasteiger partial charge in [0.1, 0.15) is 11.5 Å². The average molecular weight is 700 g/mol. The molecular weight excluding hydrogens is 654 g/mol. The Bertz CT molecular complexity index is 2190. The summed E-state index contributed by atoms with van der Waals surface area (Å²) in [7, 11) is -1.67. The van der Waals surface area contributed by atoms with Gasteiger partial charge in [0, 0.05) is 36.8 Å². The Kier molecular flexibility index (Phi) is 9.26. The first-order valence-corrected chi connectivity index (χ1v) is 19.0. The predicted octanol–water partition coefficient (Wildman–Crippen LogP) is 7.22. The van der Waals surface area contributed by atoms with E-state index in [1.165, 1.54) is 6.07 Å². The van der Waals surface area contributed by atoms with E-state index in [2.05, 4.69) is 23.0 Å². The van der Waals surface area contributed by atoms with E-state index in [1.807, 2.05) is 57.3 Å². The Balaban J connectivity index is 1.48. The molecule has 4 heterocycles. The molecule has 50 heavy (non-hydrogen) atoms. The summed E-state index contributed by atoms with van der Waals surface area (Å²) in [6.45, 7) is 9.51. The smallest absolute Gasteiger partial charge is 0.309 e. The van der Waals surface area contributed by atoms with Crippen LogP contribution in [0.4, 0.5) is 4.39 Å². The van der Waals surface area contributed by atoms with E-state index in [4.69, 9.17) is 10.1 Å². The van der Waals surface area contributed by atoms with E-state index in [0.717, 1.165) is 22.1 Å². The third-order valence-electron chi connectivity index (χ3n) is 10.3. The molecule has 1 atom stereocenters. The van der Waals surface area contributed by atoms with Gasteiger partial charge in [-0.15, -0.1) is 0 Å². The number of hydrogen-bond acceptors (Lipinski definition) is 6. The predicted molar refractivity (Wildman–Crippen MR) is 193 cm³/mol. The maximum absolute atomic E-state index is 15.8. The minimum absolute atomic E-state index is 0.0110. The normalized spacial score (nSPS) is 19.7. The molecule has 1 unspecified atom stereocenters. The van der Waals surface area contributed by atoms with Crippen molar-refractivity contribution in [3.63, 3.8) is 0 Å². The average Bonchev–Trinajstić information content (AvgIpc) is 3.66. The fraction of sp³-hybridized carbons (Fsp3) is 0.436. The maximum atomic E-state index is 15.8. The van der Waals surface area contributed by atoms with Gasteiger partial charge in [-0.3, -0.25) is 9.78 Å². The molecule has 3 aromatic heterocycles. The molecule has 0 saturated carbocycles. The molecule has 9 nitrogen and oxygen atoms in total. The van der Waals surface area contributed by atoms with E-state index in [-0.39, 0.29) is 30.2 Å². The molecule has 264 valence electrons. The van der Waals surface area contributed by atoms with Gasteiger partial charge in [0.15, 0.2) is 21.5 Å². The lowest BCUT2D eigenvalue weighted by Crippen LogP contribution is -2.30. The van der Waals surface area contributed by atoms with Gasteiger partial charge in [-0.05, 0) is 104 Å². The first kappa shape index (κ1) is 35.4. The number of pyridine rings is 1. The molecule has 1 aliphatic heterocycles. The number of aromatic nitrogens is 5.